The largest absolute Gasteiger partial charge is 0.481 e. The molecular weight excluding hydrogens is 264 g/mol. The van der Waals surface area contributed by atoms with Gasteiger partial charge in [0, 0.05) is 19.6 Å². The maximum Gasteiger partial charge on any atom is 0.317 e. The molecule has 0 aliphatic heterocycles. The third kappa shape index (κ3) is 5.72. The van der Waals surface area contributed by atoms with Crippen LogP contribution in [-0.2, 0) is 4.79 Å². The zero-order chi connectivity index (χ0) is 14.3. The second-order valence-electron chi connectivity index (χ2n) is 5.10. The van der Waals surface area contributed by atoms with Gasteiger partial charge in [0.25, 0.3) is 0 Å². The lowest BCUT2D eigenvalue weighted by atomic mass is 9.86. The maximum absolute atomic E-state index is 11.9. The first-order valence-corrected chi connectivity index (χ1v) is 8.17. The van der Waals surface area contributed by atoms with Crippen molar-refractivity contribution in [2.45, 2.75) is 38.1 Å². The highest BCUT2D eigenvalue weighted by molar-refractivity contribution is 7.98. The number of carboxylic acid groups (broad SMARTS) is 1. The lowest BCUT2D eigenvalue weighted by molar-refractivity contribution is -0.142. The summed E-state index contributed by atoms with van der Waals surface area (Å²) in [4.78, 5) is 24.5. The van der Waals surface area contributed by atoms with Crippen molar-refractivity contribution in [3.63, 3.8) is 0 Å². The number of amides is 2. The predicted molar refractivity (Wildman–Crippen MR) is 77.5 cm³/mol. The van der Waals surface area contributed by atoms with Gasteiger partial charge in [-0.2, -0.15) is 11.8 Å². The van der Waals surface area contributed by atoms with Gasteiger partial charge in [0.15, 0.2) is 0 Å². The monoisotopic (exact) mass is 288 g/mol. The van der Waals surface area contributed by atoms with Crippen LogP contribution in [0, 0.1) is 5.92 Å². The van der Waals surface area contributed by atoms with E-state index in [4.69, 9.17) is 5.11 Å². The third-order valence-corrected chi connectivity index (χ3v) is 4.29. The topological polar surface area (TPSA) is 69.6 Å². The first kappa shape index (κ1) is 16.1. The van der Waals surface area contributed by atoms with Gasteiger partial charge in [-0.05, 0) is 44.1 Å². The number of thioether (sulfide) groups is 1. The van der Waals surface area contributed by atoms with Gasteiger partial charge in [0.2, 0.25) is 0 Å². The number of hydrogen-bond donors (Lipinski definition) is 2. The molecule has 2 N–H and O–H groups in total. The second kappa shape index (κ2) is 8.30. The van der Waals surface area contributed by atoms with Crippen LogP contribution < -0.4 is 5.32 Å². The van der Waals surface area contributed by atoms with Crippen molar-refractivity contribution in [1.82, 2.24) is 10.2 Å². The van der Waals surface area contributed by atoms with Crippen LogP contribution in [0.2, 0.25) is 0 Å². The van der Waals surface area contributed by atoms with Gasteiger partial charge in [-0.1, -0.05) is 0 Å². The van der Waals surface area contributed by atoms with Crippen LogP contribution in [0.15, 0.2) is 0 Å². The quantitative estimate of drug-likeness (QED) is 0.734. The number of nitrogens with zero attached hydrogens (tertiary/aromatic N) is 1. The van der Waals surface area contributed by atoms with Crippen LogP contribution in [0.4, 0.5) is 4.79 Å². The van der Waals surface area contributed by atoms with E-state index in [1.807, 2.05) is 0 Å². The van der Waals surface area contributed by atoms with Crippen LogP contribution in [-0.4, -0.2) is 53.6 Å². The molecule has 0 radical (unpaired) electrons. The molecule has 110 valence electrons. The molecule has 19 heavy (non-hydrogen) atoms. The molecule has 0 saturated heterocycles. The van der Waals surface area contributed by atoms with Gasteiger partial charge < -0.3 is 15.3 Å². The van der Waals surface area contributed by atoms with E-state index in [1.54, 1.807) is 23.7 Å². The molecule has 5 nitrogen and oxygen atoms in total. The van der Waals surface area contributed by atoms with Crippen molar-refractivity contribution in [2.24, 2.45) is 5.92 Å². The molecule has 0 unspecified atom stereocenters. The first-order valence-electron chi connectivity index (χ1n) is 6.78. The van der Waals surface area contributed by atoms with Crippen LogP contribution in [0.1, 0.15) is 32.1 Å². The number of nitrogens with one attached hydrogen (secondary N) is 1. The molecule has 0 spiro atoms. The third-order valence-electron chi connectivity index (χ3n) is 3.59. The molecule has 1 saturated carbocycles. The van der Waals surface area contributed by atoms with Crippen molar-refractivity contribution in [2.75, 3.05) is 25.6 Å². The highest BCUT2D eigenvalue weighted by atomic mass is 32.2. The Bertz CT molecular complexity index is 304. The van der Waals surface area contributed by atoms with E-state index in [1.165, 1.54) is 0 Å². The van der Waals surface area contributed by atoms with Crippen molar-refractivity contribution in [3.05, 3.63) is 0 Å². The van der Waals surface area contributed by atoms with Crippen LogP contribution in [0.3, 0.4) is 0 Å². The van der Waals surface area contributed by atoms with Gasteiger partial charge in [0.1, 0.15) is 0 Å². The second-order valence-corrected chi connectivity index (χ2v) is 6.09. The van der Waals surface area contributed by atoms with Crippen LogP contribution >= 0.6 is 11.8 Å². The highest BCUT2D eigenvalue weighted by Gasteiger charge is 2.27. The van der Waals surface area contributed by atoms with E-state index < -0.39 is 5.97 Å². The maximum atomic E-state index is 11.9. The summed E-state index contributed by atoms with van der Waals surface area (Å²) in [5.74, 6) is 0.118. The average Bonchev–Trinajstić information content (AvgIpc) is 2.39. The average molecular weight is 288 g/mol. The summed E-state index contributed by atoms with van der Waals surface area (Å²) < 4.78 is 0. The van der Waals surface area contributed by atoms with E-state index >= 15 is 0 Å². The summed E-state index contributed by atoms with van der Waals surface area (Å²) in [6.07, 6.45) is 5.91. The van der Waals surface area contributed by atoms with Gasteiger partial charge in [-0.3, -0.25) is 4.79 Å². The number of carbonyl (C=O) groups is 2. The summed E-state index contributed by atoms with van der Waals surface area (Å²) in [6, 6.07) is 0.0889. The van der Waals surface area contributed by atoms with Gasteiger partial charge in [0.05, 0.1) is 5.92 Å². The highest BCUT2D eigenvalue weighted by Crippen LogP contribution is 2.24. The molecule has 1 aliphatic rings. The van der Waals surface area contributed by atoms with Crippen molar-refractivity contribution < 1.29 is 14.7 Å². The molecule has 0 heterocycles. The Kier molecular flexibility index (Phi) is 7.05. The minimum Gasteiger partial charge on any atom is -0.481 e. The Morgan fingerprint density at radius 3 is 2.47 bits per heavy atom. The zero-order valence-corrected chi connectivity index (χ0v) is 12.5. The smallest absolute Gasteiger partial charge is 0.317 e. The lowest BCUT2D eigenvalue weighted by Gasteiger charge is -2.28. The molecule has 1 aliphatic carbocycles. The van der Waals surface area contributed by atoms with E-state index in [-0.39, 0.29) is 18.0 Å². The SMILES string of the molecule is CSCCCN(C)C(=O)NC1CCC(C(=O)O)CC1. The number of rotatable bonds is 6. The van der Waals surface area contributed by atoms with Crippen molar-refractivity contribution in [3.8, 4) is 0 Å². The molecule has 1 fully saturated rings. The Balaban J connectivity index is 2.24. The number of urea groups is 1. The normalized spacial score (nSPS) is 22.8. The van der Waals surface area contributed by atoms with E-state index in [0.717, 1.165) is 31.6 Å². The summed E-state index contributed by atoms with van der Waals surface area (Å²) >= 11 is 1.78. The predicted octanol–water partition coefficient (Wildman–Crippen LogP) is 2.02. The minimum atomic E-state index is -0.709. The van der Waals surface area contributed by atoms with Crippen LogP contribution in [0.5, 0.6) is 0 Å². The Labute approximate surface area is 119 Å². The fraction of sp³-hybridized carbons (Fsp3) is 0.846. The molecular formula is C13H24N2O3S. The Morgan fingerprint density at radius 2 is 1.95 bits per heavy atom. The molecule has 1 rings (SSSR count). The van der Waals surface area contributed by atoms with Gasteiger partial charge in [-0.15, -0.1) is 0 Å². The lowest BCUT2D eigenvalue weighted by Crippen LogP contribution is -2.45. The fourth-order valence-corrected chi connectivity index (χ4v) is 2.73. The van der Waals surface area contributed by atoms with Crippen molar-refractivity contribution in [1.29, 1.82) is 0 Å². The Morgan fingerprint density at radius 1 is 1.32 bits per heavy atom. The summed E-state index contributed by atoms with van der Waals surface area (Å²) in [6.45, 7) is 0.761. The number of aliphatic carboxylic acids is 1. The summed E-state index contributed by atoms with van der Waals surface area (Å²) in [5, 5.41) is 11.9. The van der Waals surface area contributed by atoms with Crippen molar-refractivity contribution >= 4 is 23.8 Å². The number of carbonyl (C=O) groups excluding carboxylic acids is 1. The number of carboxylic acids is 1. The first-order chi connectivity index (χ1) is 9.04. The van der Waals surface area contributed by atoms with E-state index in [9.17, 15) is 9.59 Å². The van der Waals surface area contributed by atoms with Gasteiger partial charge >= 0.3 is 12.0 Å². The zero-order valence-electron chi connectivity index (χ0n) is 11.7. The summed E-state index contributed by atoms with van der Waals surface area (Å²) in [7, 11) is 1.80. The minimum absolute atomic E-state index is 0.0418. The van der Waals surface area contributed by atoms with E-state index in [0.29, 0.717) is 12.8 Å². The van der Waals surface area contributed by atoms with Crippen LogP contribution in [0.25, 0.3) is 0 Å². The fourth-order valence-electron chi connectivity index (χ4n) is 2.32. The standard InChI is InChI=1S/C13H24N2O3S/c1-15(8-3-9-19-2)13(18)14-11-6-4-10(5-7-11)12(16)17/h10-11H,3-9H2,1-2H3,(H,14,18)(H,16,17). The molecule has 0 aromatic heterocycles. The van der Waals surface area contributed by atoms with Gasteiger partial charge in [-0.25, -0.2) is 4.79 Å². The number of hydrogen-bond acceptors (Lipinski definition) is 3. The molecule has 0 bridgehead atoms. The molecule has 0 atom stereocenters. The van der Waals surface area contributed by atoms with E-state index in [2.05, 4.69) is 11.6 Å². The molecule has 0 aromatic rings. The Hall–Kier alpha value is -0.910. The summed E-state index contributed by atoms with van der Waals surface area (Å²) in [5.41, 5.74) is 0. The molecule has 0 aromatic carbocycles. The molecule has 2 amide bonds. The molecule has 6 heteroatoms.